The fourth-order valence-corrected chi connectivity index (χ4v) is 2.26. The Labute approximate surface area is 112 Å². The molecule has 1 saturated heterocycles. The molecule has 1 fully saturated rings. The van der Waals surface area contributed by atoms with Crippen LogP contribution in [0.25, 0.3) is 0 Å². The molecule has 0 spiro atoms. The van der Waals surface area contributed by atoms with E-state index in [-0.39, 0.29) is 11.5 Å². The Bertz CT molecular complexity index is 491. The van der Waals surface area contributed by atoms with Crippen molar-refractivity contribution in [2.45, 2.75) is 13.0 Å². The van der Waals surface area contributed by atoms with Gasteiger partial charge in [-0.25, -0.2) is 0 Å². The van der Waals surface area contributed by atoms with Crippen molar-refractivity contribution in [1.82, 2.24) is 14.8 Å². The van der Waals surface area contributed by atoms with Crippen molar-refractivity contribution in [2.75, 3.05) is 32.7 Å². The number of carbonyl (C=O) groups excluding carboxylic acids is 1. The molecular formula is C13H20N4O2. The van der Waals surface area contributed by atoms with Crippen LogP contribution in [-0.2, 0) is 0 Å². The third-order valence-electron chi connectivity index (χ3n) is 3.56. The highest BCUT2D eigenvalue weighted by atomic mass is 16.2. The van der Waals surface area contributed by atoms with Crippen molar-refractivity contribution < 1.29 is 4.79 Å². The van der Waals surface area contributed by atoms with Crippen LogP contribution >= 0.6 is 0 Å². The number of piperazine rings is 1. The van der Waals surface area contributed by atoms with Gasteiger partial charge in [-0.1, -0.05) is 6.07 Å². The second-order valence-corrected chi connectivity index (χ2v) is 4.84. The molecule has 1 aliphatic rings. The number of rotatable bonds is 3. The lowest BCUT2D eigenvalue weighted by Gasteiger charge is -2.37. The van der Waals surface area contributed by atoms with Crippen LogP contribution in [0.5, 0.6) is 0 Å². The molecule has 1 aromatic heterocycles. The Kier molecular flexibility index (Phi) is 4.34. The number of carbonyl (C=O) groups is 1. The van der Waals surface area contributed by atoms with E-state index in [1.54, 1.807) is 17.0 Å². The number of aromatic nitrogens is 1. The zero-order valence-electron chi connectivity index (χ0n) is 11.1. The van der Waals surface area contributed by atoms with Gasteiger partial charge < -0.3 is 15.6 Å². The van der Waals surface area contributed by atoms with E-state index in [4.69, 9.17) is 5.73 Å². The van der Waals surface area contributed by atoms with Gasteiger partial charge >= 0.3 is 0 Å². The number of amides is 1. The zero-order valence-corrected chi connectivity index (χ0v) is 11.1. The highest BCUT2D eigenvalue weighted by molar-refractivity contribution is 5.92. The molecule has 0 bridgehead atoms. The molecule has 2 rings (SSSR count). The quantitative estimate of drug-likeness (QED) is 0.769. The van der Waals surface area contributed by atoms with E-state index in [1.807, 2.05) is 0 Å². The third kappa shape index (κ3) is 3.21. The van der Waals surface area contributed by atoms with E-state index in [0.717, 1.165) is 13.1 Å². The van der Waals surface area contributed by atoms with Crippen molar-refractivity contribution in [3.05, 3.63) is 34.2 Å². The minimum Gasteiger partial charge on any atom is -0.335 e. The maximum absolute atomic E-state index is 12.2. The topological polar surface area (TPSA) is 82.4 Å². The molecule has 104 valence electrons. The first kappa shape index (κ1) is 13.8. The first-order chi connectivity index (χ1) is 9.11. The summed E-state index contributed by atoms with van der Waals surface area (Å²) in [4.78, 5) is 30.0. The summed E-state index contributed by atoms with van der Waals surface area (Å²) in [6.45, 7) is 5.69. The van der Waals surface area contributed by atoms with Gasteiger partial charge in [-0.3, -0.25) is 14.5 Å². The maximum Gasteiger partial charge on any atom is 0.270 e. The summed E-state index contributed by atoms with van der Waals surface area (Å²) in [6, 6.07) is 4.98. The van der Waals surface area contributed by atoms with Crippen molar-refractivity contribution in [3.8, 4) is 0 Å². The summed E-state index contributed by atoms with van der Waals surface area (Å²) in [6.07, 6.45) is 0. The number of aromatic amines is 1. The summed E-state index contributed by atoms with van der Waals surface area (Å²) in [7, 11) is 0. The first-order valence-electron chi connectivity index (χ1n) is 6.54. The van der Waals surface area contributed by atoms with Crippen LogP contribution in [0.1, 0.15) is 17.4 Å². The number of H-pyrrole nitrogens is 1. The molecule has 0 radical (unpaired) electrons. The van der Waals surface area contributed by atoms with Gasteiger partial charge in [0, 0.05) is 44.8 Å². The molecule has 1 aromatic rings. The van der Waals surface area contributed by atoms with E-state index >= 15 is 0 Å². The Hall–Kier alpha value is -1.66. The minimum absolute atomic E-state index is 0.113. The smallest absolute Gasteiger partial charge is 0.270 e. The van der Waals surface area contributed by atoms with Crippen LogP contribution in [0.2, 0.25) is 0 Å². The van der Waals surface area contributed by atoms with Crippen molar-refractivity contribution in [3.63, 3.8) is 0 Å². The number of nitrogens with zero attached hydrogens (tertiary/aromatic N) is 2. The fraction of sp³-hybridized carbons (Fsp3) is 0.538. The van der Waals surface area contributed by atoms with Crippen LogP contribution in [0.4, 0.5) is 0 Å². The van der Waals surface area contributed by atoms with Gasteiger partial charge in [-0.2, -0.15) is 0 Å². The van der Waals surface area contributed by atoms with Crippen LogP contribution < -0.4 is 11.3 Å². The lowest BCUT2D eigenvalue weighted by atomic mass is 10.2. The summed E-state index contributed by atoms with van der Waals surface area (Å²) >= 11 is 0. The van der Waals surface area contributed by atoms with Crippen molar-refractivity contribution in [2.24, 2.45) is 5.73 Å². The normalized spacial score (nSPS) is 18.3. The molecule has 6 heteroatoms. The van der Waals surface area contributed by atoms with Gasteiger partial charge in [-0.05, 0) is 13.0 Å². The predicted molar refractivity (Wildman–Crippen MR) is 73.1 cm³/mol. The highest BCUT2D eigenvalue weighted by Crippen LogP contribution is 2.08. The standard InChI is InChI=1S/C13H20N4O2/c1-10(9-14)16-5-7-17(8-6-16)13(19)11-3-2-4-12(18)15-11/h2-4,10H,5-9,14H2,1H3,(H,15,18). The largest absolute Gasteiger partial charge is 0.335 e. The highest BCUT2D eigenvalue weighted by Gasteiger charge is 2.24. The van der Waals surface area contributed by atoms with Gasteiger partial charge in [0.15, 0.2) is 0 Å². The molecular weight excluding hydrogens is 244 g/mol. The molecule has 3 N–H and O–H groups in total. The Morgan fingerprint density at radius 1 is 1.37 bits per heavy atom. The summed E-state index contributed by atoms with van der Waals surface area (Å²) in [5.74, 6) is -0.113. The monoisotopic (exact) mass is 264 g/mol. The number of hydrogen-bond donors (Lipinski definition) is 2. The number of nitrogens with two attached hydrogens (primary N) is 1. The molecule has 1 unspecified atom stereocenters. The summed E-state index contributed by atoms with van der Waals surface area (Å²) in [5, 5.41) is 0. The molecule has 1 aliphatic heterocycles. The van der Waals surface area contributed by atoms with Crippen LogP contribution in [-0.4, -0.2) is 59.5 Å². The average Bonchev–Trinajstić information content (AvgIpc) is 2.46. The molecule has 19 heavy (non-hydrogen) atoms. The third-order valence-corrected chi connectivity index (χ3v) is 3.56. The number of nitrogens with one attached hydrogen (secondary N) is 1. The van der Waals surface area contributed by atoms with Crippen LogP contribution in [0.3, 0.4) is 0 Å². The lowest BCUT2D eigenvalue weighted by Crippen LogP contribution is -2.53. The molecule has 2 heterocycles. The molecule has 6 nitrogen and oxygen atoms in total. The lowest BCUT2D eigenvalue weighted by molar-refractivity contribution is 0.0583. The maximum atomic E-state index is 12.2. The van der Waals surface area contributed by atoms with E-state index in [0.29, 0.717) is 31.4 Å². The van der Waals surface area contributed by atoms with Gasteiger partial charge in [0.25, 0.3) is 5.91 Å². The molecule has 0 aromatic carbocycles. The SMILES string of the molecule is CC(CN)N1CCN(C(=O)c2cccc(=O)[nH]2)CC1. The Balaban J connectivity index is 1.98. The van der Waals surface area contributed by atoms with E-state index in [9.17, 15) is 9.59 Å². The van der Waals surface area contributed by atoms with Gasteiger partial charge in [0.1, 0.15) is 5.69 Å². The van der Waals surface area contributed by atoms with Gasteiger partial charge in [0.05, 0.1) is 0 Å². The number of pyridine rings is 1. The average molecular weight is 264 g/mol. The molecule has 1 atom stereocenters. The summed E-state index contributed by atoms with van der Waals surface area (Å²) < 4.78 is 0. The molecule has 0 saturated carbocycles. The van der Waals surface area contributed by atoms with Crippen molar-refractivity contribution >= 4 is 5.91 Å². The molecule has 0 aliphatic carbocycles. The van der Waals surface area contributed by atoms with Gasteiger partial charge in [0.2, 0.25) is 5.56 Å². The molecule has 1 amide bonds. The Morgan fingerprint density at radius 2 is 2.05 bits per heavy atom. The predicted octanol–water partition coefficient (Wildman–Crippen LogP) is -0.520. The number of hydrogen-bond acceptors (Lipinski definition) is 4. The van der Waals surface area contributed by atoms with E-state index in [2.05, 4.69) is 16.8 Å². The summed E-state index contributed by atoms with van der Waals surface area (Å²) in [5.41, 5.74) is 5.75. The second kappa shape index (κ2) is 5.99. The van der Waals surface area contributed by atoms with Gasteiger partial charge in [-0.15, -0.1) is 0 Å². The fourth-order valence-electron chi connectivity index (χ4n) is 2.26. The minimum atomic E-state index is -0.249. The van der Waals surface area contributed by atoms with Crippen LogP contribution in [0, 0.1) is 0 Å². The second-order valence-electron chi connectivity index (χ2n) is 4.84. The zero-order chi connectivity index (χ0) is 13.8. The van der Waals surface area contributed by atoms with Crippen molar-refractivity contribution in [1.29, 1.82) is 0 Å². The first-order valence-corrected chi connectivity index (χ1v) is 6.54. The van der Waals surface area contributed by atoms with E-state index < -0.39 is 0 Å². The van der Waals surface area contributed by atoms with E-state index in [1.165, 1.54) is 6.07 Å². The van der Waals surface area contributed by atoms with Crippen LogP contribution in [0.15, 0.2) is 23.0 Å². The Morgan fingerprint density at radius 3 is 2.63 bits per heavy atom.